The Morgan fingerprint density at radius 3 is 2.19 bits per heavy atom. The molecule has 8 heteroatoms. The predicted octanol–water partition coefficient (Wildman–Crippen LogP) is 1.10. The molecule has 0 bridgehead atoms. The van der Waals surface area contributed by atoms with Crippen LogP contribution in [0.5, 0.6) is 0 Å². The monoisotopic (exact) mass is 243 g/mol. The SMILES string of the molecule is CC(C)(CC(=O)NOCC(F)(F)F)C(=O)O. The summed E-state index contributed by atoms with van der Waals surface area (Å²) in [5.41, 5.74) is 0.172. The Hall–Kier alpha value is -1.31. The van der Waals surface area contributed by atoms with Crippen LogP contribution in [0.4, 0.5) is 13.2 Å². The van der Waals surface area contributed by atoms with Crippen molar-refractivity contribution in [2.24, 2.45) is 5.41 Å². The first-order chi connectivity index (χ1) is 7.04. The fourth-order valence-corrected chi connectivity index (χ4v) is 0.712. The highest BCUT2D eigenvalue weighted by Gasteiger charge is 2.31. The molecule has 0 aliphatic carbocycles. The van der Waals surface area contributed by atoms with E-state index in [1.807, 2.05) is 0 Å². The van der Waals surface area contributed by atoms with Gasteiger partial charge in [-0.25, -0.2) is 5.48 Å². The standard InChI is InChI=1S/C8H12F3NO4/c1-7(2,6(14)15)3-5(13)12-16-4-8(9,10)11/h3-4H2,1-2H3,(H,12,13)(H,14,15). The van der Waals surface area contributed by atoms with Crippen LogP contribution in [0.15, 0.2) is 0 Å². The van der Waals surface area contributed by atoms with Crippen LogP contribution in [0, 0.1) is 5.41 Å². The van der Waals surface area contributed by atoms with Gasteiger partial charge >= 0.3 is 12.1 Å². The summed E-state index contributed by atoms with van der Waals surface area (Å²) < 4.78 is 34.8. The van der Waals surface area contributed by atoms with Crippen molar-refractivity contribution >= 4 is 11.9 Å². The maximum Gasteiger partial charge on any atom is 0.414 e. The van der Waals surface area contributed by atoms with Gasteiger partial charge in [0, 0.05) is 6.42 Å². The summed E-state index contributed by atoms with van der Waals surface area (Å²) in [6, 6.07) is 0. The number of carboxylic acid groups (broad SMARTS) is 1. The molecule has 0 heterocycles. The van der Waals surface area contributed by atoms with Crippen molar-refractivity contribution in [3.8, 4) is 0 Å². The number of nitrogens with one attached hydrogen (secondary N) is 1. The summed E-state index contributed by atoms with van der Waals surface area (Å²) in [6.07, 6.45) is -5.02. The average molecular weight is 243 g/mol. The van der Waals surface area contributed by atoms with Crippen LogP contribution in [0.1, 0.15) is 20.3 Å². The Morgan fingerprint density at radius 1 is 1.31 bits per heavy atom. The van der Waals surface area contributed by atoms with Gasteiger partial charge in [-0.3, -0.25) is 14.4 Å². The molecule has 0 saturated heterocycles. The minimum Gasteiger partial charge on any atom is -0.481 e. The summed E-state index contributed by atoms with van der Waals surface area (Å²) in [5.74, 6) is -2.14. The van der Waals surface area contributed by atoms with E-state index in [4.69, 9.17) is 5.11 Å². The Morgan fingerprint density at radius 2 is 1.81 bits per heavy atom. The lowest BCUT2D eigenvalue weighted by Gasteiger charge is -2.18. The summed E-state index contributed by atoms with van der Waals surface area (Å²) in [5, 5.41) is 8.64. The molecule has 0 fully saturated rings. The zero-order valence-corrected chi connectivity index (χ0v) is 8.72. The van der Waals surface area contributed by atoms with E-state index in [-0.39, 0.29) is 0 Å². The highest BCUT2D eigenvalue weighted by molar-refractivity contribution is 5.83. The number of hydrogen-bond acceptors (Lipinski definition) is 3. The third-order valence-electron chi connectivity index (χ3n) is 1.60. The van der Waals surface area contributed by atoms with Gasteiger partial charge in [-0.15, -0.1) is 0 Å². The van der Waals surface area contributed by atoms with Gasteiger partial charge < -0.3 is 5.11 Å². The summed E-state index contributed by atoms with van der Waals surface area (Å²) >= 11 is 0. The van der Waals surface area contributed by atoms with E-state index in [9.17, 15) is 22.8 Å². The van der Waals surface area contributed by atoms with E-state index in [1.54, 1.807) is 0 Å². The van der Waals surface area contributed by atoms with Crippen LogP contribution in [0.3, 0.4) is 0 Å². The lowest BCUT2D eigenvalue weighted by molar-refractivity contribution is -0.192. The number of carboxylic acids is 1. The van der Waals surface area contributed by atoms with Gasteiger partial charge in [0.25, 0.3) is 0 Å². The Kier molecular flexibility index (Phi) is 4.73. The first-order valence-electron chi connectivity index (χ1n) is 4.25. The zero-order chi connectivity index (χ0) is 13.0. The van der Waals surface area contributed by atoms with Gasteiger partial charge in [-0.05, 0) is 13.8 Å². The molecule has 0 rings (SSSR count). The number of alkyl halides is 3. The molecule has 2 N–H and O–H groups in total. The quantitative estimate of drug-likeness (QED) is 0.709. The van der Waals surface area contributed by atoms with Crippen molar-refractivity contribution in [1.82, 2.24) is 5.48 Å². The van der Waals surface area contributed by atoms with Crippen LogP contribution in [0.2, 0.25) is 0 Å². The van der Waals surface area contributed by atoms with Gasteiger partial charge in [0.2, 0.25) is 5.91 Å². The molecule has 16 heavy (non-hydrogen) atoms. The summed E-state index contributed by atoms with van der Waals surface area (Å²) in [6.45, 7) is 0.934. The number of aliphatic carboxylic acids is 1. The highest BCUT2D eigenvalue weighted by Crippen LogP contribution is 2.20. The molecular formula is C8H12F3NO4. The molecule has 0 saturated carbocycles. The molecule has 0 aromatic carbocycles. The normalized spacial score (nSPS) is 12.3. The van der Waals surface area contributed by atoms with Crippen molar-refractivity contribution in [2.45, 2.75) is 26.4 Å². The molecule has 0 radical (unpaired) electrons. The number of rotatable bonds is 5. The number of hydrogen-bond donors (Lipinski definition) is 2. The number of amides is 1. The van der Waals surface area contributed by atoms with Crippen LogP contribution in [0.25, 0.3) is 0 Å². The van der Waals surface area contributed by atoms with E-state index in [2.05, 4.69) is 4.84 Å². The first-order valence-corrected chi connectivity index (χ1v) is 4.25. The Bertz CT molecular complexity index is 275. The van der Waals surface area contributed by atoms with E-state index in [1.165, 1.54) is 19.3 Å². The summed E-state index contributed by atoms with van der Waals surface area (Å²) in [4.78, 5) is 25.4. The van der Waals surface area contributed by atoms with Gasteiger partial charge in [0.1, 0.15) is 0 Å². The van der Waals surface area contributed by atoms with E-state index in [0.717, 1.165) is 0 Å². The topological polar surface area (TPSA) is 75.6 Å². The lowest BCUT2D eigenvalue weighted by atomic mass is 9.89. The molecule has 0 spiro atoms. The van der Waals surface area contributed by atoms with Crippen molar-refractivity contribution < 1.29 is 32.7 Å². The van der Waals surface area contributed by atoms with Crippen molar-refractivity contribution in [2.75, 3.05) is 6.61 Å². The molecule has 0 aliphatic rings. The maximum atomic E-state index is 11.6. The molecule has 94 valence electrons. The van der Waals surface area contributed by atoms with Crippen LogP contribution >= 0.6 is 0 Å². The van der Waals surface area contributed by atoms with Gasteiger partial charge in [0.15, 0.2) is 6.61 Å². The van der Waals surface area contributed by atoms with E-state index >= 15 is 0 Å². The third kappa shape index (κ3) is 6.23. The van der Waals surface area contributed by atoms with Gasteiger partial charge in [-0.1, -0.05) is 0 Å². The Labute approximate surface area is 89.5 Å². The second-order valence-electron chi connectivity index (χ2n) is 3.79. The summed E-state index contributed by atoms with van der Waals surface area (Å²) in [7, 11) is 0. The number of hydroxylamine groups is 1. The second kappa shape index (κ2) is 5.15. The molecule has 5 nitrogen and oxygen atoms in total. The number of halogens is 3. The smallest absolute Gasteiger partial charge is 0.414 e. The van der Waals surface area contributed by atoms with Crippen molar-refractivity contribution in [3.63, 3.8) is 0 Å². The first kappa shape index (κ1) is 14.7. The second-order valence-corrected chi connectivity index (χ2v) is 3.79. The fraction of sp³-hybridized carbons (Fsp3) is 0.750. The van der Waals surface area contributed by atoms with E-state index in [0.29, 0.717) is 0 Å². The molecule has 0 atom stereocenters. The average Bonchev–Trinajstić information content (AvgIpc) is 1.99. The van der Waals surface area contributed by atoms with Gasteiger partial charge in [-0.2, -0.15) is 13.2 Å². The molecule has 1 amide bonds. The van der Waals surface area contributed by atoms with Crippen molar-refractivity contribution in [1.29, 1.82) is 0 Å². The molecule has 0 unspecified atom stereocenters. The molecule has 0 aromatic rings. The van der Waals surface area contributed by atoms with Crippen LogP contribution in [-0.4, -0.2) is 29.8 Å². The van der Waals surface area contributed by atoms with Gasteiger partial charge in [0.05, 0.1) is 5.41 Å². The zero-order valence-electron chi connectivity index (χ0n) is 8.72. The fourth-order valence-electron chi connectivity index (χ4n) is 0.712. The number of carbonyl (C=O) groups excluding carboxylic acids is 1. The van der Waals surface area contributed by atoms with Crippen LogP contribution in [-0.2, 0) is 14.4 Å². The molecule has 0 aliphatic heterocycles. The predicted molar refractivity (Wildman–Crippen MR) is 46.2 cm³/mol. The third-order valence-corrected chi connectivity index (χ3v) is 1.60. The molecular weight excluding hydrogens is 231 g/mol. The minimum atomic E-state index is -4.55. The largest absolute Gasteiger partial charge is 0.481 e. The van der Waals surface area contributed by atoms with Crippen molar-refractivity contribution in [3.05, 3.63) is 0 Å². The minimum absolute atomic E-state index is 0.472. The van der Waals surface area contributed by atoms with Crippen LogP contribution < -0.4 is 5.48 Å². The number of carbonyl (C=O) groups is 2. The highest BCUT2D eigenvalue weighted by atomic mass is 19.4. The molecule has 0 aromatic heterocycles. The maximum absolute atomic E-state index is 11.6. The lowest BCUT2D eigenvalue weighted by Crippen LogP contribution is -2.35. The van der Waals surface area contributed by atoms with E-state index < -0.39 is 36.5 Å². The Balaban J connectivity index is 3.97.